The van der Waals surface area contributed by atoms with Gasteiger partial charge >= 0.3 is 0 Å². The van der Waals surface area contributed by atoms with Gasteiger partial charge in [-0.1, -0.05) is 0 Å². The summed E-state index contributed by atoms with van der Waals surface area (Å²) in [6, 6.07) is 4.21. The van der Waals surface area contributed by atoms with Gasteiger partial charge in [-0.25, -0.2) is 19.9 Å². The molecule has 0 spiro atoms. The van der Waals surface area contributed by atoms with Crippen molar-refractivity contribution in [1.82, 2.24) is 19.9 Å². The van der Waals surface area contributed by atoms with Crippen molar-refractivity contribution in [2.45, 2.75) is 13.0 Å². The normalized spacial score (nSPS) is 17.4. The molecule has 2 aromatic rings. The first-order valence-electron chi connectivity index (χ1n) is 7.17. The second kappa shape index (κ2) is 6.24. The first-order valence-corrected chi connectivity index (χ1v) is 7.17. The largest absolute Gasteiger partial charge is 0.350 e. The third-order valence-corrected chi connectivity index (χ3v) is 3.76. The molecule has 1 atom stereocenters. The van der Waals surface area contributed by atoms with E-state index in [4.69, 9.17) is 10.5 Å². The van der Waals surface area contributed by atoms with Gasteiger partial charge in [0.25, 0.3) is 0 Å². The SMILES string of the molecule is CC1CN(c2nccnc2C#N)CCN1c1cnc(C#N)cn1. The van der Waals surface area contributed by atoms with E-state index in [0.717, 1.165) is 12.4 Å². The molecule has 1 unspecified atom stereocenters. The van der Waals surface area contributed by atoms with Crippen LogP contribution in [0.3, 0.4) is 0 Å². The van der Waals surface area contributed by atoms with E-state index >= 15 is 0 Å². The van der Waals surface area contributed by atoms with E-state index in [1.54, 1.807) is 12.4 Å². The minimum Gasteiger partial charge on any atom is -0.350 e. The van der Waals surface area contributed by atoms with Crippen LogP contribution in [-0.2, 0) is 0 Å². The Morgan fingerprint density at radius 3 is 2.52 bits per heavy atom. The Morgan fingerprint density at radius 1 is 1.04 bits per heavy atom. The molecule has 0 radical (unpaired) electrons. The van der Waals surface area contributed by atoms with Gasteiger partial charge in [0.15, 0.2) is 17.2 Å². The molecule has 8 nitrogen and oxygen atoms in total. The van der Waals surface area contributed by atoms with Crippen molar-refractivity contribution >= 4 is 11.6 Å². The van der Waals surface area contributed by atoms with E-state index in [2.05, 4.69) is 42.7 Å². The summed E-state index contributed by atoms with van der Waals surface area (Å²) in [7, 11) is 0. The number of rotatable bonds is 2. The summed E-state index contributed by atoms with van der Waals surface area (Å²) in [5.41, 5.74) is 0.643. The molecule has 0 aliphatic carbocycles. The second-order valence-electron chi connectivity index (χ2n) is 5.20. The van der Waals surface area contributed by atoms with Crippen LogP contribution < -0.4 is 9.80 Å². The van der Waals surface area contributed by atoms with E-state index in [-0.39, 0.29) is 6.04 Å². The molecule has 8 heteroatoms. The van der Waals surface area contributed by atoms with Gasteiger partial charge in [0.05, 0.1) is 12.4 Å². The molecule has 0 N–H and O–H groups in total. The van der Waals surface area contributed by atoms with E-state index in [9.17, 15) is 0 Å². The lowest BCUT2D eigenvalue weighted by Crippen LogP contribution is -2.53. The van der Waals surface area contributed by atoms with Crippen LogP contribution in [0.4, 0.5) is 11.6 Å². The minimum absolute atomic E-state index is 0.166. The van der Waals surface area contributed by atoms with Gasteiger partial charge in [-0.2, -0.15) is 10.5 Å². The first-order chi connectivity index (χ1) is 11.2. The highest BCUT2D eigenvalue weighted by atomic mass is 15.3. The molecule has 1 aliphatic heterocycles. The smallest absolute Gasteiger partial charge is 0.183 e. The molecular formula is C15H14N8. The molecule has 3 rings (SSSR count). The summed E-state index contributed by atoms with van der Waals surface area (Å²) >= 11 is 0. The van der Waals surface area contributed by atoms with E-state index in [0.29, 0.717) is 30.3 Å². The zero-order valence-electron chi connectivity index (χ0n) is 12.6. The fraction of sp³-hybridized carbons (Fsp3) is 0.333. The maximum absolute atomic E-state index is 9.16. The number of hydrogen-bond acceptors (Lipinski definition) is 8. The number of hydrogen-bond donors (Lipinski definition) is 0. The Hall–Kier alpha value is -3.26. The lowest BCUT2D eigenvalue weighted by Gasteiger charge is -2.40. The zero-order valence-corrected chi connectivity index (χ0v) is 12.6. The van der Waals surface area contributed by atoms with Crippen molar-refractivity contribution in [3.63, 3.8) is 0 Å². The lowest BCUT2D eigenvalue weighted by molar-refractivity contribution is 0.541. The topological polar surface area (TPSA) is 106 Å². The van der Waals surface area contributed by atoms with Crippen molar-refractivity contribution in [1.29, 1.82) is 10.5 Å². The maximum atomic E-state index is 9.16. The number of piperazine rings is 1. The predicted molar refractivity (Wildman–Crippen MR) is 82.5 cm³/mol. The Kier molecular flexibility index (Phi) is 3.98. The van der Waals surface area contributed by atoms with Crippen molar-refractivity contribution in [3.05, 3.63) is 36.2 Å². The number of anilines is 2. The van der Waals surface area contributed by atoms with E-state index < -0.39 is 0 Å². The van der Waals surface area contributed by atoms with Crippen LogP contribution in [0.5, 0.6) is 0 Å². The summed E-state index contributed by atoms with van der Waals surface area (Å²) in [5.74, 6) is 1.36. The molecule has 0 bridgehead atoms. The molecular weight excluding hydrogens is 292 g/mol. The molecule has 2 aromatic heterocycles. The Morgan fingerprint density at radius 2 is 1.87 bits per heavy atom. The van der Waals surface area contributed by atoms with Gasteiger partial charge in [-0.05, 0) is 6.92 Å². The van der Waals surface area contributed by atoms with Crippen molar-refractivity contribution in [2.24, 2.45) is 0 Å². The molecule has 0 amide bonds. The van der Waals surface area contributed by atoms with Crippen LogP contribution >= 0.6 is 0 Å². The molecule has 0 aromatic carbocycles. The summed E-state index contributed by atoms with van der Waals surface area (Å²) in [6.07, 6.45) is 6.21. The summed E-state index contributed by atoms with van der Waals surface area (Å²) < 4.78 is 0. The molecule has 1 aliphatic rings. The van der Waals surface area contributed by atoms with Gasteiger partial charge < -0.3 is 9.80 Å². The molecule has 1 saturated heterocycles. The van der Waals surface area contributed by atoms with Gasteiger partial charge in [-0.3, -0.25) is 0 Å². The Balaban J connectivity index is 1.77. The second-order valence-corrected chi connectivity index (χ2v) is 5.20. The fourth-order valence-corrected chi connectivity index (χ4v) is 2.66. The van der Waals surface area contributed by atoms with Gasteiger partial charge in [0.1, 0.15) is 18.0 Å². The molecule has 3 heterocycles. The highest BCUT2D eigenvalue weighted by Crippen LogP contribution is 2.22. The minimum atomic E-state index is 0.166. The van der Waals surface area contributed by atoms with Gasteiger partial charge in [0.2, 0.25) is 0 Å². The lowest BCUT2D eigenvalue weighted by atomic mass is 10.2. The van der Waals surface area contributed by atoms with Crippen LogP contribution in [0.2, 0.25) is 0 Å². The third kappa shape index (κ3) is 2.87. The highest BCUT2D eigenvalue weighted by Gasteiger charge is 2.27. The zero-order chi connectivity index (χ0) is 16.2. The number of nitriles is 2. The van der Waals surface area contributed by atoms with Crippen molar-refractivity contribution in [2.75, 3.05) is 29.4 Å². The maximum Gasteiger partial charge on any atom is 0.183 e. The Bertz CT molecular complexity index is 773. The first kappa shape index (κ1) is 14.7. The van der Waals surface area contributed by atoms with Crippen LogP contribution in [0.15, 0.2) is 24.8 Å². The van der Waals surface area contributed by atoms with E-state index in [1.807, 2.05) is 6.07 Å². The van der Waals surface area contributed by atoms with E-state index in [1.165, 1.54) is 12.4 Å². The highest BCUT2D eigenvalue weighted by molar-refractivity contribution is 5.52. The summed E-state index contributed by atoms with van der Waals surface area (Å²) in [5, 5.41) is 17.9. The molecule has 23 heavy (non-hydrogen) atoms. The van der Waals surface area contributed by atoms with Crippen LogP contribution in [-0.4, -0.2) is 45.6 Å². The molecule has 0 saturated carbocycles. The standard InChI is InChI=1S/C15H14N8/c1-11-10-22(15-13(7-17)18-2-3-19-15)4-5-23(11)14-9-20-12(6-16)8-21-14/h2-3,8-9,11H,4-5,10H2,1H3. The van der Waals surface area contributed by atoms with Crippen molar-refractivity contribution < 1.29 is 0 Å². The average molecular weight is 306 g/mol. The fourth-order valence-electron chi connectivity index (χ4n) is 2.66. The van der Waals surface area contributed by atoms with Crippen LogP contribution in [0, 0.1) is 22.7 Å². The molecule has 1 fully saturated rings. The number of aromatic nitrogens is 4. The quantitative estimate of drug-likeness (QED) is 0.799. The predicted octanol–water partition coefficient (Wildman–Crippen LogP) is 0.725. The van der Waals surface area contributed by atoms with Crippen LogP contribution in [0.25, 0.3) is 0 Å². The summed E-state index contributed by atoms with van der Waals surface area (Å²) in [6.45, 7) is 4.21. The van der Waals surface area contributed by atoms with Crippen molar-refractivity contribution in [3.8, 4) is 12.1 Å². The van der Waals surface area contributed by atoms with Gasteiger partial charge in [-0.15, -0.1) is 0 Å². The van der Waals surface area contributed by atoms with Crippen LogP contribution in [0.1, 0.15) is 18.3 Å². The Labute approximate surface area is 133 Å². The monoisotopic (exact) mass is 306 g/mol. The average Bonchev–Trinajstić information content (AvgIpc) is 2.61. The van der Waals surface area contributed by atoms with Gasteiger partial charge in [0, 0.05) is 38.1 Å². The molecule has 114 valence electrons. The number of nitrogens with zero attached hydrogens (tertiary/aromatic N) is 8. The summed E-state index contributed by atoms with van der Waals surface area (Å²) in [4.78, 5) is 20.9. The third-order valence-electron chi connectivity index (χ3n) is 3.76.